The number of nitrogens with zero attached hydrogens (tertiary/aromatic N) is 1. The van der Waals surface area contributed by atoms with Crippen LogP contribution in [0.4, 0.5) is 0 Å². The summed E-state index contributed by atoms with van der Waals surface area (Å²) in [5, 5.41) is 11.0. The summed E-state index contributed by atoms with van der Waals surface area (Å²) in [5.74, 6) is -0.0789. The van der Waals surface area contributed by atoms with Crippen molar-refractivity contribution in [1.82, 2.24) is 4.90 Å². The van der Waals surface area contributed by atoms with Gasteiger partial charge in [0.2, 0.25) is 5.78 Å². The van der Waals surface area contributed by atoms with Crippen molar-refractivity contribution >= 4 is 5.78 Å². The minimum absolute atomic E-state index is 0.194. The van der Waals surface area contributed by atoms with Crippen molar-refractivity contribution in [3.8, 4) is 0 Å². The topological polar surface area (TPSA) is 66.8 Å². The zero-order valence-corrected chi connectivity index (χ0v) is 11.3. The number of likely N-dealkylation sites (tertiary alicyclic amines) is 1. The number of furan rings is 2. The largest absolute Gasteiger partial charge is 0.466 e. The maximum Gasteiger partial charge on any atom is 0.205 e. The molecule has 1 fully saturated rings. The van der Waals surface area contributed by atoms with E-state index in [1.54, 1.807) is 24.3 Å². The summed E-state index contributed by atoms with van der Waals surface area (Å²) in [7, 11) is 1.93. The number of ketones is 1. The Morgan fingerprint density at radius 1 is 1.35 bits per heavy atom. The molecule has 5 heteroatoms. The molecule has 3 rings (SSSR count). The van der Waals surface area contributed by atoms with Gasteiger partial charge >= 0.3 is 0 Å². The van der Waals surface area contributed by atoms with Crippen molar-refractivity contribution in [2.75, 3.05) is 20.1 Å². The number of Topliss-reactive ketones (excluding diaryl/α,β-unsaturated/α-hetero) is 1. The highest BCUT2D eigenvalue weighted by Gasteiger charge is 2.48. The summed E-state index contributed by atoms with van der Waals surface area (Å²) in [4.78, 5) is 14.6. The van der Waals surface area contributed by atoms with E-state index in [-0.39, 0.29) is 11.5 Å². The van der Waals surface area contributed by atoms with Gasteiger partial charge in [0.15, 0.2) is 5.76 Å². The first-order valence-electron chi connectivity index (χ1n) is 6.64. The molecule has 0 bridgehead atoms. The number of hydrogen-bond acceptors (Lipinski definition) is 5. The van der Waals surface area contributed by atoms with Gasteiger partial charge in [-0.3, -0.25) is 4.79 Å². The fourth-order valence-corrected chi connectivity index (χ4v) is 2.80. The summed E-state index contributed by atoms with van der Waals surface area (Å²) in [6.07, 6.45) is 3.43. The fraction of sp³-hybridized carbons (Fsp3) is 0.400. The number of carbonyl (C=O) groups is 1. The molecule has 3 heterocycles. The molecular formula is C15H17NO4. The van der Waals surface area contributed by atoms with E-state index < -0.39 is 11.5 Å². The van der Waals surface area contributed by atoms with E-state index in [0.29, 0.717) is 25.3 Å². The first-order chi connectivity index (χ1) is 9.61. The van der Waals surface area contributed by atoms with Crippen molar-refractivity contribution in [3.63, 3.8) is 0 Å². The van der Waals surface area contributed by atoms with Crippen LogP contribution in [0.3, 0.4) is 0 Å². The third-order valence-electron chi connectivity index (χ3n) is 3.97. The molecule has 2 aromatic rings. The molecule has 5 nitrogen and oxygen atoms in total. The molecule has 1 saturated heterocycles. The molecule has 2 aromatic heterocycles. The SMILES string of the molecule is CN1CC[C@@](O)(c2ccco2)[C@@H](C(=O)c2ccco2)C1. The number of hydrogen-bond donors (Lipinski definition) is 1. The van der Waals surface area contributed by atoms with E-state index in [2.05, 4.69) is 0 Å². The van der Waals surface area contributed by atoms with E-state index in [0.717, 1.165) is 0 Å². The average Bonchev–Trinajstić information content (AvgIpc) is 3.13. The lowest BCUT2D eigenvalue weighted by atomic mass is 9.76. The lowest BCUT2D eigenvalue weighted by molar-refractivity contribution is -0.0740. The highest BCUT2D eigenvalue weighted by Crippen LogP contribution is 2.39. The zero-order valence-electron chi connectivity index (χ0n) is 11.3. The first-order valence-corrected chi connectivity index (χ1v) is 6.64. The minimum Gasteiger partial charge on any atom is -0.466 e. The Morgan fingerprint density at radius 3 is 2.75 bits per heavy atom. The van der Waals surface area contributed by atoms with Crippen molar-refractivity contribution < 1.29 is 18.7 Å². The molecule has 0 aromatic carbocycles. The van der Waals surface area contributed by atoms with Gasteiger partial charge in [0.05, 0.1) is 18.4 Å². The van der Waals surface area contributed by atoms with Gasteiger partial charge in [0.25, 0.3) is 0 Å². The van der Waals surface area contributed by atoms with E-state index >= 15 is 0 Å². The van der Waals surface area contributed by atoms with Crippen LogP contribution in [0.2, 0.25) is 0 Å². The molecule has 20 heavy (non-hydrogen) atoms. The van der Waals surface area contributed by atoms with E-state index in [4.69, 9.17) is 8.83 Å². The Hall–Kier alpha value is -1.85. The van der Waals surface area contributed by atoms with Gasteiger partial charge in [-0.15, -0.1) is 0 Å². The molecule has 0 unspecified atom stereocenters. The molecule has 1 aliphatic heterocycles. The van der Waals surface area contributed by atoms with Crippen LogP contribution >= 0.6 is 0 Å². The zero-order chi connectivity index (χ0) is 14.2. The average molecular weight is 275 g/mol. The normalized spacial score (nSPS) is 27.6. The molecule has 1 aliphatic rings. The van der Waals surface area contributed by atoms with E-state index in [1.165, 1.54) is 12.5 Å². The molecule has 0 saturated carbocycles. The van der Waals surface area contributed by atoms with Gasteiger partial charge in [-0.2, -0.15) is 0 Å². The summed E-state index contributed by atoms with van der Waals surface area (Å²) >= 11 is 0. The highest BCUT2D eigenvalue weighted by molar-refractivity contribution is 5.96. The molecule has 106 valence electrons. The Kier molecular flexibility index (Phi) is 3.23. The van der Waals surface area contributed by atoms with Crippen LogP contribution in [0, 0.1) is 5.92 Å². The second kappa shape index (κ2) is 4.92. The predicted octanol–water partition coefficient (Wildman–Crippen LogP) is 1.89. The highest BCUT2D eigenvalue weighted by atomic mass is 16.4. The summed E-state index contributed by atoms with van der Waals surface area (Å²) < 4.78 is 10.5. The number of aliphatic hydroxyl groups is 1. The van der Waals surface area contributed by atoms with Gasteiger partial charge in [0.1, 0.15) is 11.4 Å². The van der Waals surface area contributed by atoms with Crippen LogP contribution in [0.25, 0.3) is 0 Å². The van der Waals surface area contributed by atoms with Crippen LogP contribution in [-0.2, 0) is 5.60 Å². The third kappa shape index (κ3) is 2.09. The van der Waals surface area contributed by atoms with Crippen LogP contribution < -0.4 is 0 Å². The van der Waals surface area contributed by atoms with Gasteiger partial charge in [-0.1, -0.05) is 0 Å². The fourth-order valence-electron chi connectivity index (χ4n) is 2.80. The number of piperidine rings is 1. The summed E-state index contributed by atoms with van der Waals surface area (Å²) in [5.41, 5.74) is -1.28. The van der Waals surface area contributed by atoms with Gasteiger partial charge < -0.3 is 18.8 Å². The van der Waals surface area contributed by atoms with Crippen LogP contribution in [0.15, 0.2) is 45.6 Å². The second-order valence-electron chi connectivity index (χ2n) is 5.31. The first kappa shape index (κ1) is 13.1. The monoisotopic (exact) mass is 275 g/mol. The lowest BCUT2D eigenvalue weighted by Gasteiger charge is -2.41. The quantitative estimate of drug-likeness (QED) is 0.866. The Balaban J connectivity index is 1.97. The smallest absolute Gasteiger partial charge is 0.205 e. The summed E-state index contributed by atoms with van der Waals surface area (Å²) in [6.45, 7) is 1.18. The van der Waals surface area contributed by atoms with Crippen LogP contribution in [0.5, 0.6) is 0 Å². The van der Waals surface area contributed by atoms with E-state index in [9.17, 15) is 9.90 Å². The minimum atomic E-state index is -1.28. The van der Waals surface area contributed by atoms with Crippen LogP contribution in [0.1, 0.15) is 22.7 Å². The van der Waals surface area contributed by atoms with Gasteiger partial charge in [0, 0.05) is 13.1 Å². The van der Waals surface area contributed by atoms with Gasteiger partial charge in [-0.05, 0) is 37.7 Å². The van der Waals surface area contributed by atoms with E-state index in [1.807, 2.05) is 11.9 Å². The van der Waals surface area contributed by atoms with Crippen LogP contribution in [-0.4, -0.2) is 35.9 Å². The summed E-state index contributed by atoms with van der Waals surface area (Å²) in [6, 6.07) is 6.74. The molecule has 1 N–H and O–H groups in total. The van der Waals surface area contributed by atoms with Gasteiger partial charge in [-0.25, -0.2) is 0 Å². The van der Waals surface area contributed by atoms with Crippen molar-refractivity contribution in [3.05, 3.63) is 48.3 Å². The number of rotatable bonds is 3. The Bertz CT molecular complexity index is 575. The Labute approximate surface area is 116 Å². The third-order valence-corrected chi connectivity index (χ3v) is 3.97. The lowest BCUT2D eigenvalue weighted by Crippen LogP contribution is -2.51. The van der Waals surface area contributed by atoms with Crippen molar-refractivity contribution in [1.29, 1.82) is 0 Å². The molecule has 2 atom stereocenters. The maximum absolute atomic E-state index is 12.6. The second-order valence-corrected chi connectivity index (χ2v) is 5.31. The maximum atomic E-state index is 12.6. The molecule has 0 aliphatic carbocycles. The van der Waals surface area contributed by atoms with Crippen molar-refractivity contribution in [2.45, 2.75) is 12.0 Å². The molecule has 0 radical (unpaired) electrons. The Morgan fingerprint density at radius 2 is 2.10 bits per heavy atom. The molecule has 0 amide bonds. The predicted molar refractivity (Wildman–Crippen MR) is 71.2 cm³/mol. The molecular weight excluding hydrogens is 258 g/mol. The van der Waals surface area contributed by atoms with Crippen molar-refractivity contribution in [2.24, 2.45) is 5.92 Å². The number of carbonyl (C=O) groups excluding carboxylic acids is 1. The standard InChI is InChI=1S/C15H17NO4/c1-16-7-6-15(18,13-5-3-9-20-13)11(10-16)14(17)12-4-2-8-19-12/h2-5,8-9,11,18H,6-7,10H2,1H3/t11-,15+/m1/s1. The molecule has 0 spiro atoms.